The van der Waals surface area contributed by atoms with E-state index in [2.05, 4.69) is 26.1 Å². The van der Waals surface area contributed by atoms with E-state index in [0.29, 0.717) is 5.69 Å². The van der Waals surface area contributed by atoms with Crippen molar-refractivity contribution in [1.82, 2.24) is 10.2 Å². The Morgan fingerprint density at radius 1 is 1.33 bits per heavy atom. The third-order valence-electron chi connectivity index (χ3n) is 1.88. The number of hydrogen-bond donors (Lipinski definition) is 1. The molecule has 0 radical (unpaired) electrons. The van der Waals surface area contributed by atoms with Crippen LogP contribution in [0.5, 0.6) is 0 Å². The lowest BCUT2D eigenvalue weighted by atomic mass is 10.1. The molecule has 0 amide bonds. The summed E-state index contributed by atoms with van der Waals surface area (Å²) in [6.45, 7) is 0. The first-order valence-electron chi connectivity index (χ1n) is 4.18. The second kappa shape index (κ2) is 4.16. The SMILES string of the molecule is O=c1[nH]nc(-c2cccc(Br)c2)cc1Cl. The van der Waals surface area contributed by atoms with Gasteiger partial charge in [-0.1, -0.05) is 39.7 Å². The van der Waals surface area contributed by atoms with Crippen LogP contribution in [0.1, 0.15) is 0 Å². The van der Waals surface area contributed by atoms with Gasteiger partial charge in [0.2, 0.25) is 0 Å². The van der Waals surface area contributed by atoms with Crippen LogP contribution in [0, 0.1) is 0 Å². The first kappa shape index (κ1) is 10.4. The van der Waals surface area contributed by atoms with Crippen LogP contribution >= 0.6 is 27.5 Å². The molecule has 0 aliphatic carbocycles. The summed E-state index contributed by atoms with van der Waals surface area (Å²) in [5.41, 5.74) is 1.15. The zero-order valence-corrected chi connectivity index (χ0v) is 9.84. The molecule has 2 rings (SSSR count). The first-order chi connectivity index (χ1) is 7.16. The van der Waals surface area contributed by atoms with Crippen LogP contribution in [-0.4, -0.2) is 10.2 Å². The first-order valence-corrected chi connectivity index (χ1v) is 5.35. The van der Waals surface area contributed by atoms with E-state index in [1.807, 2.05) is 24.3 Å². The fourth-order valence-corrected chi connectivity index (χ4v) is 1.72. The van der Waals surface area contributed by atoms with Crippen molar-refractivity contribution in [3.8, 4) is 11.3 Å². The van der Waals surface area contributed by atoms with Crippen LogP contribution in [0.15, 0.2) is 39.6 Å². The van der Waals surface area contributed by atoms with Crippen molar-refractivity contribution in [2.45, 2.75) is 0 Å². The van der Waals surface area contributed by atoms with Gasteiger partial charge in [0, 0.05) is 10.0 Å². The van der Waals surface area contributed by atoms with Gasteiger partial charge in [0.05, 0.1) is 5.69 Å². The summed E-state index contributed by atoms with van der Waals surface area (Å²) < 4.78 is 0.948. The molecule has 0 saturated heterocycles. The summed E-state index contributed by atoms with van der Waals surface area (Å²) in [5, 5.41) is 6.38. The normalized spacial score (nSPS) is 10.3. The van der Waals surface area contributed by atoms with Gasteiger partial charge in [0.1, 0.15) is 5.02 Å². The molecule has 0 bridgehead atoms. The molecule has 3 nitrogen and oxygen atoms in total. The van der Waals surface area contributed by atoms with Crippen molar-refractivity contribution >= 4 is 27.5 Å². The van der Waals surface area contributed by atoms with Gasteiger partial charge in [0.15, 0.2) is 0 Å². The van der Waals surface area contributed by atoms with Crippen molar-refractivity contribution in [2.24, 2.45) is 0 Å². The molecule has 0 unspecified atom stereocenters. The second-order valence-electron chi connectivity index (χ2n) is 2.94. The zero-order valence-electron chi connectivity index (χ0n) is 7.50. The fourth-order valence-electron chi connectivity index (χ4n) is 1.18. The fraction of sp³-hybridized carbons (Fsp3) is 0. The van der Waals surface area contributed by atoms with Gasteiger partial charge in [-0.05, 0) is 18.2 Å². The summed E-state index contributed by atoms with van der Waals surface area (Å²) in [4.78, 5) is 11.0. The number of nitrogens with zero attached hydrogens (tertiary/aromatic N) is 1. The second-order valence-corrected chi connectivity index (χ2v) is 4.26. The Labute approximate surface area is 99.2 Å². The molecule has 0 fully saturated rings. The lowest BCUT2D eigenvalue weighted by molar-refractivity contribution is 0.995. The van der Waals surface area contributed by atoms with Crippen molar-refractivity contribution in [2.75, 3.05) is 0 Å². The molecule has 5 heteroatoms. The number of benzene rings is 1. The van der Waals surface area contributed by atoms with Gasteiger partial charge in [-0.25, -0.2) is 5.10 Å². The van der Waals surface area contributed by atoms with Crippen LogP contribution in [-0.2, 0) is 0 Å². The van der Waals surface area contributed by atoms with Gasteiger partial charge in [-0.2, -0.15) is 5.10 Å². The summed E-state index contributed by atoms with van der Waals surface area (Å²) >= 11 is 9.07. The van der Waals surface area contributed by atoms with Crippen LogP contribution in [0.4, 0.5) is 0 Å². The lowest BCUT2D eigenvalue weighted by Gasteiger charge is -2.00. The predicted octanol–water partition coefficient (Wildman–Crippen LogP) is 2.85. The largest absolute Gasteiger partial charge is 0.282 e. The standard InChI is InChI=1S/C10H6BrClN2O/c11-7-3-1-2-6(4-7)9-5-8(12)10(15)14-13-9/h1-5H,(H,14,15). The molecule has 0 aliphatic heterocycles. The highest BCUT2D eigenvalue weighted by atomic mass is 79.9. The van der Waals surface area contributed by atoms with E-state index < -0.39 is 0 Å². The molecule has 0 atom stereocenters. The van der Waals surface area contributed by atoms with Gasteiger partial charge in [-0.15, -0.1) is 0 Å². The minimum absolute atomic E-state index is 0.139. The maximum absolute atomic E-state index is 11.0. The Morgan fingerprint density at radius 3 is 2.80 bits per heavy atom. The molecular formula is C10H6BrClN2O. The van der Waals surface area contributed by atoms with Gasteiger partial charge < -0.3 is 0 Å². The van der Waals surface area contributed by atoms with E-state index >= 15 is 0 Å². The average molecular weight is 286 g/mol. The van der Waals surface area contributed by atoms with E-state index in [1.165, 1.54) is 0 Å². The molecule has 0 aliphatic rings. The quantitative estimate of drug-likeness (QED) is 0.876. The molecule has 0 spiro atoms. The van der Waals surface area contributed by atoms with Crippen LogP contribution in [0.25, 0.3) is 11.3 Å². The summed E-state index contributed by atoms with van der Waals surface area (Å²) in [7, 11) is 0. The molecule has 1 aromatic carbocycles. The number of aromatic nitrogens is 2. The number of halogens is 2. The molecule has 76 valence electrons. The Kier molecular flexibility index (Phi) is 2.88. The van der Waals surface area contributed by atoms with E-state index in [-0.39, 0.29) is 10.6 Å². The summed E-state index contributed by atoms with van der Waals surface area (Å²) in [6.07, 6.45) is 0. The highest BCUT2D eigenvalue weighted by Crippen LogP contribution is 2.21. The predicted molar refractivity (Wildman–Crippen MR) is 63.0 cm³/mol. The minimum Gasteiger partial charge on any atom is -0.266 e. The molecule has 1 heterocycles. The Hall–Kier alpha value is -1.13. The van der Waals surface area contributed by atoms with E-state index in [4.69, 9.17) is 11.6 Å². The van der Waals surface area contributed by atoms with E-state index in [0.717, 1.165) is 10.0 Å². The maximum Gasteiger partial charge on any atom is 0.282 e. The molecule has 1 N–H and O–H groups in total. The van der Waals surface area contributed by atoms with Crippen LogP contribution < -0.4 is 5.56 Å². The molecule has 0 saturated carbocycles. The van der Waals surface area contributed by atoms with Gasteiger partial charge >= 0.3 is 0 Å². The number of nitrogens with one attached hydrogen (secondary N) is 1. The highest BCUT2D eigenvalue weighted by molar-refractivity contribution is 9.10. The highest BCUT2D eigenvalue weighted by Gasteiger charge is 2.03. The monoisotopic (exact) mass is 284 g/mol. The molecule has 15 heavy (non-hydrogen) atoms. The third kappa shape index (κ3) is 2.27. The molecule has 1 aromatic heterocycles. The average Bonchev–Trinajstić information content (AvgIpc) is 2.22. The summed E-state index contributed by atoms with van der Waals surface area (Å²) in [5.74, 6) is 0. The van der Waals surface area contributed by atoms with E-state index in [9.17, 15) is 4.79 Å². The Bertz CT molecular complexity index is 553. The van der Waals surface area contributed by atoms with Crippen molar-refractivity contribution in [1.29, 1.82) is 0 Å². The molecular weight excluding hydrogens is 279 g/mol. The Morgan fingerprint density at radius 2 is 2.13 bits per heavy atom. The third-order valence-corrected chi connectivity index (χ3v) is 2.65. The maximum atomic E-state index is 11.0. The van der Waals surface area contributed by atoms with Crippen LogP contribution in [0.2, 0.25) is 5.02 Å². The zero-order chi connectivity index (χ0) is 10.8. The topological polar surface area (TPSA) is 45.8 Å². The van der Waals surface area contributed by atoms with Gasteiger partial charge in [-0.3, -0.25) is 4.79 Å². The number of aromatic amines is 1. The van der Waals surface area contributed by atoms with Crippen molar-refractivity contribution in [3.63, 3.8) is 0 Å². The van der Waals surface area contributed by atoms with Crippen LogP contribution in [0.3, 0.4) is 0 Å². The smallest absolute Gasteiger partial charge is 0.266 e. The van der Waals surface area contributed by atoms with E-state index in [1.54, 1.807) is 6.07 Å². The van der Waals surface area contributed by atoms with Crippen molar-refractivity contribution < 1.29 is 0 Å². The van der Waals surface area contributed by atoms with Gasteiger partial charge in [0.25, 0.3) is 5.56 Å². The van der Waals surface area contributed by atoms with Crippen molar-refractivity contribution in [3.05, 3.63) is 50.2 Å². The lowest BCUT2D eigenvalue weighted by Crippen LogP contribution is -2.08. The number of hydrogen-bond acceptors (Lipinski definition) is 2. The summed E-state index contributed by atoms with van der Waals surface area (Å²) in [6, 6.07) is 9.14. The Balaban J connectivity index is 2.55. The number of rotatable bonds is 1. The minimum atomic E-state index is -0.379. The number of H-pyrrole nitrogens is 1. The molecule has 2 aromatic rings.